The Kier molecular flexibility index (Phi) is 5.07. The van der Waals surface area contributed by atoms with Crippen molar-refractivity contribution < 1.29 is 5.11 Å². The van der Waals surface area contributed by atoms with Gasteiger partial charge in [-0.15, -0.1) is 0 Å². The van der Waals surface area contributed by atoms with Gasteiger partial charge < -0.3 is 14.9 Å². The van der Waals surface area contributed by atoms with Gasteiger partial charge in [-0.3, -0.25) is 0 Å². The standard InChI is InChI=1S/C13H26N2O/c16-11-3-1-2-6-14-7-9-15(10-8-14)12-13-4-5-13/h13,16H,1-12H2. The Bertz CT molecular complexity index is 186. The van der Waals surface area contributed by atoms with E-state index in [0.29, 0.717) is 6.61 Å². The summed E-state index contributed by atoms with van der Waals surface area (Å²) in [6.07, 6.45) is 6.35. The van der Waals surface area contributed by atoms with Crippen LogP contribution in [0.4, 0.5) is 0 Å². The van der Waals surface area contributed by atoms with Crippen LogP contribution in [-0.2, 0) is 0 Å². The predicted molar refractivity (Wildman–Crippen MR) is 66.5 cm³/mol. The molecule has 0 spiro atoms. The van der Waals surface area contributed by atoms with Crippen LogP contribution in [0.1, 0.15) is 32.1 Å². The van der Waals surface area contributed by atoms with Gasteiger partial charge in [-0.1, -0.05) is 0 Å². The highest BCUT2D eigenvalue weighted by molar-refractivity contribution is 4.80. The number of unbranched alkanes of at least 4 members (excludes halogenated alkanes) is 2. The summed E-state index contributed by atoms with van der Waals surface area (Å²) >= 11 is 0. The summed E-state index contributed by atoms with van der Waals surface area (Å²) in [7, 11) is 0. The van der Waals surface area contributed by atoms with Crippen molar-refractivity contribution in [1.82, 2.24) is 9.80 Å². The highest BCUT2D eigenvalue weighted by atomic mass is 16.2. The molecule has 1 aliphatic heterocycles. The van der Waals surface area contributed by atoms with Crippen LogP contribution in [-0.4, -0.2) is 60.8 Å². The molecule has 16 heavy (non-hydrogen) atoms. The van der Waals surface area contributed by atoms with Gasteiger partial charge in [-0.2, -0.15) is 0 Å². The molecule has 0 bridgehead atoms. The Labute approximate surface area is 99.4 Å². The topological polar surface area (TPSA) is 26.7 Å². The molecule has 1 saturated heterocycles. The van der Waals surface area contributed by atoms with E-state index >= 15 is 0 Å². The molecule has 0 amide bonds. The average Bonchev–Trinajstić information content (AvgIpc) is 3.11. The fourth-order valence-corrected chi connectivity index (χ4v) is 2.49. The van der Waals surface area contributed by atoms with Crippen molar-refractivity contribution in [3.8, 4) is 0 Å². The molecule has 0 aromatic carbocycles. The summed E-state index contributed by atoms with van der Waals surface area (Å²) in [5.74, 6) is 1.04. The van der Waals surface area contributed by atoms with E-state index in [1.165, 1.54) is 65.0 Å². The van der Waals surface area contributed by atoms with Gasteiger partial charge in [0.05, 0.1) is 0 Å². The number of aliphatic hydroxyl groups is 1. The maximum absolute atomic E-state index is 8.71. The zero-order valence-corrected chi connectivity index (χ0v) is 10.4. The molecule has 2 fully saturated rings. The van der Waals surface area contributed by atoms with Crippen LogP contribution < -0.4 is 0 Å². The summed E-state index contributed by atoms with van der Waals surface area (Å²) in [6.45, 7) is 8.01. The van der Waals surface area contributed by atoms with Crippen LogP contribution in [0.25, 0.3) is 0 Å². The fraction of sp³-hybridized carbons (Fsp3) is 1.00. The van der Waals surface area contributed by atoms with Crippen molar-refractivity contribution >= 4 is 0 Å². The Morgan fingerprint density at radius 3 is 2.19 bits per heavy atom. The van der Waals surface area contributed by atoms with Gasteiger partial charge >= 0.3 is 0 Å². The fourth-order valence-electron chi connectivity index (χ4n) is 2.49. The monoisotopic (exact) mass is 226 g/mol. The van der Waals surface area contributed by atoms with E-state index in [1.807, 2.05) is 0 Å². The molecule has 0 radical (unpaired) electrons. The Balaban J connectivity index is 1.50. The minimum Gasteiger partial charge on any atom is -0.396 e. The van der Waals surface area contributed by atoms with Crippen LogP contribution in [0.15, 0.2) is 0 Å². The molecule has 1 N–H and O–H groups in total. The van der Waals surface area contributed by atoms with Gasteiger partial charge in [0.2, 0.25) is 0 Å². The maximum atomic E-state index is 8.71. The first kappa shape index (κ1) is 12.3. The molecule has 3 heteroatoms. The third-order valence-electron chi connectivity index (χ3n) is 3.81. The SMILES string of the molecule is OCCCCCN1CCN(CC2CC2)CC1. The van der Waals surface area contributed by atoms with Gasteiger partial charge in [-0.25, -0.2) is 0 Å². The van der Waals surface area contributed by atoms with Crippen molar-refractivity contribution in [3.05, 3.63) is 0 Å². The summed E-state index contributed by atoms with van der Waals surface area (Å²) in [6, 6.07) is 0. The normalized spacial score (nSPS) is 23.8. The molecule has 1 heterocycles. The lowest BCUT2D eigenvalue weighted by Crippen LogP contribution is -2.47. The molecule has 2 rings (SSSR count). The third kappa shape index (κ3) is 4.40. The summed E-state index contributed by atoms with van der Waals surface area (Å²) in [5.41, 5.74) is 0. The number of hydrogen-bond donors (Lipinski definition) is 1. The molecule has 0 aromatic heterocycles. The first-order valence-electron chi connectivity index (χ1n) is 6.94. The van der Waals surface area contributed by atoms with Crippen molar-refractivity contribution in [2.75, 3.05) is 45.9 Å². The Morgan fingerprint density at radius 2 is 1.56 bits per heavy atom. The highest BCUT2D eigenvalue weighted by Gasteiger charge is 2.26. The number of aliphatic hydroxyl groups excluding tert-OH is 1. The minimum atomic E-state index is 0.356. The maximum Gasteiger partial charge on any atom is 0.0431 e. The lowest BCUT2D eigenvalue weighted by molar-refractivity contribution is 0.126. The molecule has 0 unspecified atom stereocenters. The predicted octanol–water partition coefficient (Wildman–Crippen LogP) is 1.18. The van der Waals surface area contributed by atoms with Crippen molar-refractivity contribution in [3.63, 3.8) is 0 Å². The second-order valence-corrected chi connectivity index (χ2v) is 5.37. The molecule has 0 atom stereocenters. The van der Waals surface area contributed by atoms with E-state index in [0.717, 1.165) is 12.3 Å². The summed E-state index contributed by atoms with van der Waals surface area (Å²) < 4.78 is 0. The Hall–Kier alpha value is -0.120. The average molecular weight is 226 g/mol. The summed E-state index contributed by atoms with van der Waals surface area (Å²) in [5, 5.41) is 8.71. The van der Waals surface area contributed by atoms with E-state index in [4.69, 9.17) is 5.11 Å². The zero-order chi connectivity index (χ0) is 11.2. The number of piperazine rings is 1. The van der Waals surface area contributed by atoms with Gasteiger partial charge in [0.15, 0.2) is 0 Å². The van der Waals surface area contributed by atoms with E-state index in [-0.39, 0.29) is 0 Å². The Morgan fingerprint density at radius 1 is 0.875 bits per heavy atom. The summed E-state index contributed by atoms with van der Waals surface area (Å²) in [4.78, 5) is 5.22. The third-order valence-corrected chi connectivity index (χ3v) is 3.81. The first-order valence-corrected chi connectivity index (χ1v) is 6.94. The molecular weight excluding hydrogens is 200 g/mol. The van der Waals surface area contributed by atoms with Gasteiger partial charge in [0, 0.05) is 39.3 Å². The highest BCUT2D eigenvalue weighted by Crippen LogP contribution is 2.29. The lowest BCUT2D eigenvalue weighted by atomic mass is 10.2. The van der Waals surface area contributed by atoms with E-state index in [1.54, 1.807) is 0 Å². The van der Waals surface area contributed by atoms with Crippen molar-refractivity contribution in [2.45, 2.75) is 32.1 Å². The minimum absolute atomic E-state index is 0.356. The lowest BCUT2D eigenvalue weighted by Gasteiger charge is -2.34. The van der Waals surface area contributed by atoms with Crippen LogP contribution in [0, 0.1) is 5.92 Å². The van der Waals surface area contributed by atoms with Crippen LogP contribution >= 0.6 is 0 Å². The number of hydrogen-bond acceptors (Lipinski definition) is 3. The van der Waals surface area contributed by atoms with Crippen LogP contribution in [0.5, 0.6) is 0 Å². The van der Waals surface area contributed by atoms with Gasteiger partial charge in [0.25, 0.3) is 0 Å². The van der Waals surface area contributed by atoms with Gasteiger partial charge in [-0.05, 0) is 44.6 Å². The second kappa shape index (κ2) is 6.58. The quantitative estimate of drug-likeness (QED) is 0.660. The smallest absolute Gasteiger partial charge is 0.0431 e. The molecule has 1 saturated carbocycles. The number of nitrogens with zero attached hydrogens (tertiary/aromatic N) is 2. The van der Waals surface area contributed by atoms with Crippen LogP contribution in [0.3, 0.4) is 0 Å². The molecule has 3 nitrogen and oxygen atoms in total. The molecule has 94 valence electrons. The molecule has 2 aliphatic rings. The largest absolute Gasteiger partial charge is 0.396 e. The van der Waals surface area contributed by atoms with E-state index < -0.39 is 0 Å². The van der Waals surface area contributed by atoms with Gasteiger partial charge in [0.1, 0.15) is 0 Å². The zero-order valence-electron chi connectivity index (χ0n) is 10.4. The van der Waals surface area contributed by atoms with Crippen LogP contribution in [0.2, 0.25) is 0 Å². The first-order chi connectivity index (χ1) is 7.88. The molecule has 1 aliphatic carbocycles. The molecular formula is C13H26N2O. The van der Waals surface area contributed by atoms with Crippen molar-refractivity contribution in [2.24, 2.45) is 5.92 Å². The second-order valence-electron chi connectivity index (χ2n) is 5.37. The molecule has 0 aromatic rings. The van der Waals surface area contributed by atoms with E-state index in [9.17, 15) is 0 Å². The van der Waals surface area contributed by atoms with Crippen molar-refractivity contribution in [1.29, 1.82) is 0 Å². The number of rotatable bonds is 7. The van der Waals surface area contributed by atoms with E-state index in [2.05, 4.69) is 9.80 Å².